The summed E-state index contributed by atoms with van der Waals surface area (Å²) in [5.41, 5.74) is 1.65. The Bertz CT molecular complexity index is 836. The highest BCUT2D eigenvalue weighted by Gasteiger charge is 2.16. The molecule has 0 fully saturated rings. The van der Waals surface area contributed by atoms with E-state index in [0.717, 1.165) is 10.9 Å². The van der Waals surface area contributed by atoms with E-state index in [-0.39, 0.29) is 11.9 Å². The Hall–Kier alpha value is -2.81. The Balaban J connectivity index is 1.89. The average Bonchev–Trinajstić information content (AvgIpc) is 2.61. The number of para-hydroxylation sites is 1. The molecule has 0 spiro atoms. The van der Waals surface area contributed by atoms with Crippen LogP contribution in [-0.4, -0.2) is 13.0 Å². The highest BCUT2D eigenvalue weighted by atomic mass is 16.5. The average molecular weight is 305 g/mol. The second kappa shape index (κ2) is 6.53. The predicted octanol–water partition coefficient (Wildman–Crippen LogP) is 4.34. The van der Waals surface area contributed by atoms with Crippen LogP contribution in [0.2, 0.25) is 0 Å². The van der Waals surface area contributed by atoms with E-state index in [4.69, 9.17) is 4.74 Å². The van der Waals surface area contributed by atoms with E-state index >= 15 is 0 Å². The third-order valence-corrected chi connectivity index (χ3v) is 3.99. The molecule has 0 aliphatic rings. The Morgan fingerprint density at radius 2 is 1.65 bits per heavy atom. The fourth-order valence-electron chi connectivity index (χ4n) is 2.81. The van der Waals surface area contributed by atoms with Crippen LogP contribution in [0.1, 0.15) is 28.9 Å². The van der Waals surface area contributed by atoms with Crippen molar-refractivity contribution in [3.8, 4) is 5.75 Å². The van der Waals surface area contributed by atoms with Gasteiger partial charge in [0.1, 0.15) is 5.75 Å². The van der Waals surface area contributed by atoms with Gasteiger partial charge >= 0.3 is 0 Å². The fourth-order valence-corrected chi connectivity index (χ4v) is 2.81. The van der Waals surface area contributed by atoms with Crippen molar-refractivity contribution in [3.63, 3.8) is 0 Å². The first-order valence-electron chi connectivity index (χ1n) is 7.62. The lowest BCUT2D eigenvalue weighted by Crippen LogP contribution is -2.27. The fraction of sp³-hybridized carbons (Fsp3) is 0.150. The number of benzene rings is 3. The maximum atomic E-state index is 12.6. The monoisotopic (exact) mass is 305 g/mol. The van der Waals surface area contributed by atoms with Gasteiger partial charge in [-0.15, -0.1) is 0 Å². The molecular weight excluding hydrogens is 286 g/mol. The summed E-state index contributed by atoms with van der Waals surface area (Å²) in [6, 6.07) is 21.5. The minimum Gasteiger partial charge on any atom is -0.496 e. The van der Waals surface area contributed by atoms with Crippen LogP contribution in [-0.2, 0) is 0 Å². The molecular formula is C20H19NO2. The van der Waals surface area contributed by atoms with Crippen molar-refractivity contribution in [2.45, 2.75) is 13.0 Å². The molecule has 0 aliphatic heterocycles. The molecule has 0 heterocycles. The van der Waals surface area contributed by atoms with E-state index in [1.54, 1.807) is 19.2 Å². The number of carbonyl (C=O) groups is 1. The van der Waals surface area contributed by atoms with Crippen molar-refractivity contribution in [1.82, 2.24) is 5.32 Å². The lowest BCUT2D eigenvalue weighted by molar-refractivity contribution is 0.0937. The molecule has 3 heteroatoms. The molecule has 1 atom stereocenters. The van der Waals surface area contributed by atoms with Crippen molar-refractivity contribution in [2.24, 2.45) is 0 Å². The largest absolute Gasteiger partial charge is 0.496 e. The van der Waals surface area contributed by atoms with Gasteiger partial charge in [-0.05, 0) is 35.4 Å². The quantitative estimate of drug-likeness (QED) is 0.778. The zero-order valence-electron chi connectivity index (χ0n) is 13.2. The summed E-state index contributed by atoms with van der Waals surface area (Å²) < 4.78 is 5.26. The molecule has 0 unspecified atom stereocenters. The van der Waals surface area contributed by atoms with Crippen LogP contribution in [0.3, 0.4) is 0 Å². The molecule has 1 amide bonds. The van der Waals surface area contributed by atoms with Crippen LogP contribution >= 0.6 is 0 Å². The molecule has 0 aliphatic carbocycles. The first kappa shape index (κ1) is 15.1. The van der Waals surface area contributed by atoms with Gasteiger partial charge in [-0.2, -0.15) is 0 Å². The molecule has 116 valence electrons. The molecule has 0 radical (unpaired) electrons. The van der Waals surface area contributed by atoms with Crippen LogP contribution in [0, 0.1) is 0 Å². The van der Waals surface area contributed by atoms with E-state index in [2.05, 4.69) is 29.6 Å². The molecule has 3 nitrogen and oxygen atoms in total. The molecule has 3 rings (SSSR count). The number of amides is 1. The number of ether oxygens (including phenoxy) is 1. The van der Waals surface area contributed by atoms with Gasteiger partial charge in [-0.3, -0.25) is 4.79 Å². The summed E-state index contributed by atoms with van der Waals surface area (Å²) in [6.45, 7) is 2.00. The molecule has 3 aromatic carbocycles. The van der Waals surface area contributed by atoms with Crippen molar-refractivity contribution < 1.29 is 9.53 Å². The Labute approximate surface area is 135 Å². The van der Waals surface area contributed by atoms with Crippen molar-refractivity contribution in [3.05, 3.63) is 77.9 Å². The third kappa shape index (κ3) is 3.04. The van der Waals surface area contributed by atoms with Gasteiger partial charge in [0.15, 0.2) is 0 Å². The van der Waals surface area contributed by atoms with Gasteiger partial charge in [0, 0.05) is 0 Å². The van der Waals surface area contributed by atoms with Gasteiger partial charge in [-0.1, -0.05) is 54.6 Å². The van der Waals surface area contributed by atoms with Crippen molar-refractivity contribution >= 4 is 16.7 Å². The van der Waals surface area contributed by atoms with Crippen LogP contribution in [0.5, 0.6) is 5.75 Å². The van der Waals surface area contributed by atoms with E-state index in [9.17, 15) is 4.79 Å². The van der Waals surface area contributed by atoms with Crippen LogP contribution in [0.25, 0.3) is 10.8 Å². The zero-order chi connectivity index (χ0) is 16.2. The Kier molecular flexibility index (Phi) is 4.29. The van der Waals surface area contributed by atoms with E-state index in [0.29, 0.717) is 11.3 Å². The summed E-state index contributed by atoms with van der Waals surface area (Å²) in [5.74, 6) is 0.443. The van der Waals surface area contributed by atoms with E-state index in [1.807, 2.05) is 37.3 Å². The molecule has 23 heavy (non-hydrogen) atoms. The molecule has 0 saturated carbocycles. The van der Waals surface area contributed by atoms with Crippen LogP contribution < -0.4 is 10.1 Å². The minimum absolute atomic E-state index is 0.0986. The third-order valence-electron chi connectivity index (χ3n) is 3.99. The first-order valence-corrected chi connectivity index (χ1v) is 7.62. The van der Waals surface area contributed by atoms with E-state index in [1.165, 1.54) is 5.39 Å². The highest BCUT2D eigenvalue weighted by molar-refractivity contribution is 5.97. The number of rotatable bonds is 4. The number of nitrogens with one attached hydrogen (secondary N) is 1. The second-order valence-electron chi connectivity index (χ2n) is 5.46. The molecule has 3 aromatic rings. The predicted molar refractivity (Wildman–Crippen MR) is 92.8 cm³/mol. The standard InChI is InChI=1S/C20H19NO2/c1-14(16-12-7-9-15-8-3-4-10-17(15)16)21-20(22)18-11-5-6-13-19(18)23-2/h3-14H,1-2H3,(H,21,22)/t14-/m1/s1. The lowest BCUT2D eigenvalue weighted by atomic mass is 9.99. The smallest absolute Gasteiger partial charge is 0.255 e. The highest BCUT2D eigenvalue weighted by Crippen LogP contribution is 2.25. The summed E-state index contributed by atoms with van der Waals surface area (Å²) in [6.07, 6.45) is 0. The van der Waals surface area contributed by atoms with Gasteiger partial charge in [0.2, 0.25) is 0 Å². The number of carbonyl (C=O) groups excluding carboxylic acids is 1. The zero-order valence-corrected chi connectivity index (χ0v) is 13.2. The topological polar surface area (TPSA) is 38.3 Å². The number of hydrogen-bond acceptors (Lipinski definition) is 2. The van der Waals surface area contributed by atoms with E-state index < -0.39 is 0 Å². The summed E-state index contributed by atoms with van der Waals surface area (Å²) in [7, 11) is 1.57. The maximum Gasteiger partial charge on any atom is 0.255 e. The van der Waals surface area contributed by atoms with Gasteiger partial charge < -0.3 is 10.1 Å². The first-order chi connectivity index (χ1) is 11.2. The molecule has 0 bridgehead atoms. The molecule has 1 N–H and O–H groups in total. The number of fused-ring (bicyclic) bond motifs is 1. The van der Waals surface area contributed by atoms with Gasteiger partial charge in [-0.25, -0.2) is 0 Å². The molecule has 0 saturated heterocycles. The second-order valence-corrected chi connectivity index (χ2v) is 5.46. The Morgan fingerprint density at radius 3 is 2.48 bits per heavy atom. The number of hydrogen-bond donors (Lipinski definition) is 1. The van der Waals surface area contributed by atoms with Gasteiger partial charge in [0.05, 0.1) is 18.7 Å². The summed E-state index contributed by atoms with van der Waals surface area (Å²) in [4.78, 5) is 12.6. The lowest BCUT2D eigenvalue weighted by Gasteiger charge is -2.17. The van der Waals surface area contributed by atoms with Crippen molar-refractivity contribution in [1.29, 1.82) is 0 Å². The maximum absolute atomic E-state index is 12.6. The number of methoxy groups -OCH3 is 1. The van der Waals surface area contributed by atoms with Crippen LogP contribution in [0.15, 0.2) is 66.7 Å². The summed E-state index contributed by atoms with van der Waals surface area (Å²) >= 11 is 0. The molecule has 0 aromatic heterocycles. The normalized spacial score (nSPS) is 11.9. The summed E-state index contributed by atoms with van der Waals surface area (Å²) in [5, 5.41) is 5.39. The SMILES string of the molecule is COc1ccccc1C(=O)N[C@H](C)c1cccc2ccccc12. The van der Waals surface area contributed by atoms with Crippen molar-refractivity contribution in [2.75, 3.05) is 7.11 Å². The van der Waals surface area contributed by atoms with Crippen LogP contribution in [0.4, 0.5) is 0 Å². The van der Waals surface area contributed by atoms with Gasteiger partial charge in [0.25, 0.3) is 5.91 Å². The minimum atomic E-state index is -0.136. The Morgan fingerprint density at radius 1 is 0.957 bits per heavy atom.